The van der Waals surface area contributed by atoms with Gasteiger partial charge in [-0.3, -0.25) is 19.7 Å². The number of aryl methyl sites for hydroxylation is 1. The monoisotopic (exact) mass is 379 g/mol. The topological polar surface area (TPSA) is 109 Å². The van der Waals surface area contributed by atoms with Crippen molar-refractivity contribution in [2.75, 3.05) is 24.5 Å². The molecule has 1 unspecified atom stereocenters. The Morgan fingerprint density at radius 3 is 2.93 bits per heavy atom. The number of aromatic amines is 1. The number of carbonyl (C=O) groups is 1. The van der Waals surface area contributed by atoms with Gasteiger partial charge in [0.15, 0.2) is 0 Å². The Morgan fingerprint density at radius 1 is 1.32 bits per heavy atom. The first-order valence-corrected chi connectivity index (χ1v) is 9.12. The van der Waals surface area contributed by atoms with Gasteiger partial charge >= 0.3 is 0 Å². The molecule has 2 N–H and O–H groups in total. The molecular weight excluding hydrogens is 358 g/mol. The van der Waals surface area contributed by atoms with Crippen molar-refractivity contribution in [2.45, 2.75) is 6.42 Å². The predicted molar refractivity (Wildman–Crippen MR) is 104 cm³/mol. The zero-order valence-corrected chi connectivity index (χ0v) is 15.5. The molecule has 9 nitrogen and oxygen atoms in total. The smallest absolute Gasteiger partial charge is 0.269 e. The highest BCUT2D eigenvalue weighted by atomic mass is 16.2. The van der Waals surface area contributed by atoms with Gasteiger partial charge in [0.2, 0.25) is 0 Å². The van der Waals surface area contributed by atoms with Gasteiger partial charge in [0.1, 0.15) is 5.69 Å². The fraction of sp³-hybridized carbons (Fsp3) is 0.316. The number of pyridine rings is 1. The van der Waals surface area contributed by atoms with Crippen LogP contribution in [0.1, 0.15) is 16.9 Å². The number of anilines is 1. The number of hydrogen-bond donors (Lipinski definition) is 2. The minimum Gasteiger partial charge on any atom is -0.370 e. The van der Waals surface area contributed by atoms with E-state index in [1.807, 2.05) is 12.1 Å². The molecule has 9 heteroatoms. The third-order valence-electron chi connectivity index (χ3n) is 4.95. The molecule has 0 spiro atoms. The van der Waals surface area contributed by atoms with Gasteiger partial charge in [0.25, 0.3) is 11.5 Å². The van der Waals surface area contributed by atoms with E-state index in [4.69, 9.17) is 0 Å². The van der Waals surface area contributed by atoms with Gasteiger partial charge in [-0.2, -0.15) is 10.2 Å². The number of carbonyl (C=O) groups excluding carboxylic acids is 1. The summed E-state index contributed by atoms with van der Waals surface area (Å²) in [6.45, 7) is 2.18. The van der Waals surface area contributed by atoms with E-state index in [1.165, 1.54) is 4.68 Å². The molecule has 1 aliphatic heterocycles. The molecule has 0 saturated carbocycles. The van der Waals surface area contributed by atoms with Crippen molar-refractivity contribution in [1.82, 2.24) is 30.3 Å². The summed E-state index contributed by atoms with van der Waals surface area (Å²) in [5.41, 5.74) is 2.74. The van der Waals surface area contributed by atoms with Crippen LogP contribution in [0.15, 0.2) is 47.7 Å². The van der Waals surface area contributed by atoms with Crippen LogP contribution >= 0.6 is 0 Å². The van der Waals surface area contributed by atoms with E-state index < -0.39 is 0 Å². The first-order chi connectivity index (χ1) is 13.6. The third kappa shape index (κ3) is 3.78. The summed E-state index contributed by atoms with van der Waals surface area (Å²) in [7, 11) is 1.63. The number of H-pyrrole nitrogens is 1. The number of hydrogen-bond acceptors (Lipinski definition) is 6. The summed E-state index contributed by atoms with van der Waals surface area (Å²) in [4.78, 5) is 30.3. The molecule has 1 amide bonds. The maximum atomic E-state index is 12.4. The molecule has 28 heavy (non-hydrogen) atoms. The fourth-order valence-electron chi connectivity index (χ4n) is 3.31. The second-order valence-electron chi connectivity index (χ2n) is 6.89. The molecule has 0 aliphatic carbocycles. The van der Waals surface area contributed by atoms with Gasteiger partial charge < -0.3 is 10.2 Å². The van der Waals surface area contributed by atoms with Gasteiger partial charge in [0.05, 0.1) is 17.6 Å². The zero-order chi connectivity index (χ0) is 19.5. The SMILES string of the molecule is Cn1ncc(N2CCC(CNC(=O)c3cc(-c4ccncc4)n[nH]3)C2)cc1=O. The van der Waals surface area contributed by atoms with Gasteiger partial charge in [-0.1, -0.05) is 0 Å². The second kappa shape index (κ2) is 7.63. The van der Waals surface area contributed by atoms with E-state index in [0.29, 0.717) is 23.9 Å². The molecule has 1 fully saturated rings. The summed E-state index contributed by atoms with van der Waals surface area (Å²) in [6.07, 6.45) is 6.02. The van der Waals surface area contributed by atoms with Crippen LogP contribution in [0.2, 0.25) is 0 Å². The molecule has 4 rings (SSSR count). The molecule has 1 saturated heterocycles. The largest absolute Gasteiger partial charge is 0.370 e. The number of aromatic nitrogens is 5. The molecule has 1 atom stereocenters. The van der Waals surface area contributed by atoms with Crippen molar-refractivity contribution in [3.63, 3.8) is 0 Å². The van der Waals surface area contributed by atoms with Gasteiger partial charge in [-0.25, -0.2) is 4.68 Å². The molecular formula is C19H21N7O2. The fourth-order valence-corrected chi connectivity index (χ4v) is 3.31. The van der Waals surface area contributed by atoms with Crippen LogP contribution in [0.4, 0.5) is 5.69 Å². The Morgan fingerprint density at radius 2 is 2.14 bits per heavy atom. The molecule has 0 aromatic carbocycles. The third-order valence-corrected chi connectivity index (χ3v) is 4.95. The maximum Gasteiger partial charge on any atom is 0.269 e. The lowest BCUT2D eigenvalue weighted by atomic mass is 10.1. The molecule has 144 valence electrons. The molecule has 0 bridgehead atoms. The Hall–Kier alpha value is -3.49. The van der Waals surface area contributed by atoms with Crippen LogP contribution in [0.5, 0.6) is 0 Å². The van der Waals surface area contributed by atoms with Crippen LogP contribution in [0.25, 0.3) is 11.3 Å². The van der Waals surface area contributed by atoms with Crippen LogP contribution in [-0.4, -0.2) is 50.5 Å². The van der Waals surface area contributed by atoms with Gasteiger partial charge in [0, 0.05) is 50.7 Å². The van der Waals surface area contributed by atoms with Gasteiger partial charge in [-0.05, 0) is 30.5 Å². The van der Waals surface area contributed by atoms with Crippen molar-refractivity contribution >= 4 is 11.6 Å². The summed E-state index contributed by atoms with van der Waals surface area (Å²) >= 11 is 0. The van der Waals surface area contributed by atoms with Crippen LogP contribution in [0.3, 0.4) is 0 Å². The highest BCUT2D eigenvalue weighted by Gasteiger charge is 2.24. The minimum absolute atomic E-state index is 0.126. The Labute approximate surface area is 161 Å². The van der Waals surface area contributed by atoms with Crippen LogP contribution in [-0.2, 0) is 7.05 Å². The number of amides is 1. The average Bonchev–Trinajstić information content (AvgIpc) is 3.39. The van der Waals surface area contributed by atoms with Crippen molar-refractivity contribution in [2.24, 2.45) is 13.0 Å². The van der Waals surface area contributed by atoms with E-state index in [9.17, 15) is 9.59 Å². The maximum absolute atomic E-state index is 12.4. The van der Waals surface area contributed by atoms with E-state index >= 15 is 0 Å². The first-order valence-electron chi connectivity index (χ1n) is 9.12. The van der Waals surface area contributed by atoms with Gasteiger partial charge in [-0.15, -0.1) is 0 Å². The summed E-state index contributed by atoms with van der Waals surface area (Å²) in [6, 6.07) is 7.02. The summed E-state index contributed by atoms with van der Waals surface area (Å²) in [5, 5.41) is 14.0. The molecule has 4 heterocycles. The lowest BCUT2D eigenvalue weighted by Crippen LogP contribution is -2.31. The van der Waals surface area contributed by atoms with E-state index in [-0.39, 0.29) is 11.5 Å². The highest BCUT2D eigenvalue weighted by Crippen LogP contribution is 2.22. The van der Waals surface area contributed by atoms with Crippen molar-refractivity contribution in [1.29, 1.82) is 0 Å². The highest BCUT2D eigenvalue weighted by molar-refractivity contribution is 5.93. The van der Waals surface area contributed by atoms with E-state index in [0.717, 1.165) is 30.8 Å². The second-order valence-corrected chi connectivity index (χ2v) is 6.89. The first kappa shape index (κ1) is 17.9. The number of nitrogens with zero attached hydrogens (tertiary/aromatic N) is 5. The Kier molecular flexibility index (Phi) is 4.88. The average molecular weight is 379 g/mol. The van der Waals surface area contributed by atoms with Crippen molar-refractivity contribution in [3.8, 4) is 11.3 Å². The van der Waals surface area contributed by atoms with Crippen LogP contribution in [0, 0.1) is 5.92 Å². The molecule has 3 aromatic rings. The Balaban J connectivity index is 1.32. The van der Waals surface area contributed by atoms with Crippen molar-refractivity contribution < 1.29 is 4.79 Å². The molecule has 1 aliphatic rings. The lowest BCUT2D eigenvalue weighted by molar-refractivity contribution is 0.0943. The Bertz CT molecular complexity index is 1030. The summed E-state index contributed by atoms with van der Waals surface area (Å²) in [5.74, 6) is 0.136. The quantitative estimate of drug-likeness (QED) is 0.679. The van der Waals surface area contributed by atoms with Crippen LogP contribution < -0.4 is 15.8 Å². The van der Waals surface area contributed by atoms with Crippen molar-refractivity contribution in [3.05, 3.63) is 58.9 Å². The molecule has 0 radical (unpaired) electrons. The minimum atomic E-state index is -0.179. The lowest BCUT2D eigenvalue weighted by Gasteiger charge is -2.18. The van der Waals surface area contributed by atoms with E-state index in [2.05, 4.69) is 30.5 Å². The predicted octanol–water partition coefficient (Wildman–Crippen LogP) is 0.822. The number of nitrogens with one attached hydrogen (secondary N) is 2. The van der Waals surface area contributed by atoms with E-state index in [1.54, 1.807) is 37.8 Å². The number of rotatable bonds is 5. The zero-order valence-electron chi connectivity index (χ0n) is 15.5. The standard InChI is InChI=1S/C19H21N7O2/c1-25-18(27)8-15(11-22-25)26-7-4-13(12-26)10-21-19(28)17-9-16(23-24-17)14-2-5-20-6-3-14/h2-3,5-6,8-9,11,13H,4,7,10,12H2,1H3,(H,21,28)(H,23,24). The normalized spacial score (nSPS) is 16.3. The summed E-state index contributed by atoms with van der Waals surface area (Å²) < 4.78 is 1.31. The molecule has 3 aromatic heterocycles.